The van der Waals surface area contributed by atoms with Gasteiger partial charge < -0.3 is 4.98 Å². The van der Waals surface area contributed by atoms with Gasteiger partial charge in [0.1, 0.15) is 11.9 Å². The van der Waals surface area contributed by atoms with Crippen LogP contribution in [0.2, 0.25) is 5.02 Å². The SMILES string of the molecule is N#C/C(=C\c1ccc(S(=O)(=O)c2ccc(Cl)cc2)cc1)c1nc2ccccc2[nH]1. The molecule has 0 unspecified atom stereocenters. The first-order valence-electron chi connectivity index (χ1n) is 8.65. The van der Waals surface area contributed by atoms with Crippen LogP contribution in [0.1, 0.15) is 11.4 Å². The topological polar surface area (TPSA) is 86.6 Å². The summed E-state index contributed by atoms with van der Waals surface area (Å²) in [4.78, 5) is 7.89. The summed E-state index contributed by atoms with van der Waals surface area (Å²) < 4.78 is 25.5. The standard InChI is InChI=1S/C22H14ClN3O2S/c23-17-7-11-19(12-8-17)29(27,28)18-9-5-15(6-10-18)13-16(14-24)22-25-20-3-1-2-4-21(20)26-22/h1-13H,(H,25,26)/b16-13+. The molecule has 1 heterocycles. The van der Waals surface area contributed by atoms with Crippen molar-refractivity contribution in [2.24, 2.45) is 0 Å². The molecule has 7 heteroatoms. The number of H-pyrrole nitrogens is 1. The van der Waals surface area contributed by atoms with E-state index >= 15 is 0 Å². The zero-order chi connectivity index (χ0) is 20.4. The number of aromatic amines is 1. The molecule has 5 nitrogen and oxygen atoms in total. The quantitative estimate of drug-likeness (QED) is 0.465. The second-order valence-corrected chi connectivity index (χ2v) is 8.68. The Labute approximate surface area is 172 Å². The second kappa shape index (κ2) is 7.55. The number of para-hydroxylation sites is 2. The van der Waals surface area contributed by atoms with Gasteiger partial charge in [0.2, 0.25) is 9.84 Å². The first-order chi connectivity index (χ1) is 14.0. The fraction of sp³-hybridized carbons (Fsp3) is 0. The number of nitriles is 1. The molecule has 0 atom stereocenters. The van der Waals surface area contributed by atoms with Crippen LogP contribution in [0.15, 0.2) is 82.6 Å². The summed E-state index contributed by atoms with van der Waals surface area (Å²) in [6, 6.07) is 22.0. The largest absolute Gasteiger partial charge is 0.337 e. The summed E-state index contributed by atoms with van der Waals surface area (Å²) in [5.74, 6) is 0.464. The van der Waals surface area contributed by atoms with E-state index in [-0.39, 0.29) is 9.79 Å². The highest BCUT2D eigenvalue weighted by molar-refractivity contribution is 7.91. The minimum atomic E-state index is -3.64. The fourth-order valence-electron chi connectivity index (χ4n) is 2.89. The number of aromatic nitrogens is 2. The van der Waals surface area contributed by atoms with E-state index in [1.54, 1.807) is 18.2 Å². The van der Waals surface area contributed by atoms with Gasteiger partial charge in [0.25, 0.3) is 0 Å². The van der Waals surface area contributed by atoms with Crippen LogP contribution in [0.5, 0.6) is 0 Å². The molecule has 142 valence electrons. The first kappa shape index (κ1) is 18.9. The molecule has 4 aromatic rings. The van der Waals surface area contributed by atoms with Crippen LogP contribution in [0.4, 0.5) is 0 Å². The third kappa shape index (κ3) is 3.79. The summed E-state index contributed by atoms with van der Waals surface area (Å²) >= 11 is 5.83. The van der Waals surface area contributed by atoms with Crippen LogP contribution in [0.3, 0.4) is 0 Å². The monoisotopic (exact) mass is 419 g/mol. The van der Waals surface area contributed by atoms with Crippen LogP contribution in [-0.4, -0.2) is 18.4 Å². The fourth-order valence-corrected chi connectivity index (χ4v) is 4.28. The molecule has 0 aliphatic heterocycles. The van der Waals surface area contributed by atoms with Crippen molar-refractivity contribution in [2.45, 2.75) is 9.79 Å². The number of nitrogens with zero attached hydrogens (tertiary/aromatic N) is 2. The number of sulfone groups is 1. The summed E-state index contributed by atoms with van der Waals surface area (Å²) in [5, 5.41) is 10.0. The molecule has 0 amide bonds. The molecule has 29 heavy (non-hydrogen) atoms. The maximum Gasteiger partial charge on any atom is 0.206 e. The van der Waals surface area contributed by atoms with Crippen molar-refractivity contribution < 1.29 is 8.42 Å². The summed E-state index contributed by atoms with van der Waals surface area (Å²) in [6.07, 6.45) is 1.66. The number of fused-ring (bicyclic) bond motifs is 1. The Morgan fingerprint density at radius 1 is 0.966 bits per heavy atom. The molecule has 0 spiro atoms. The van der Waals surface area contributed by atoms with E-state index < -0.39 is 9.84 Å². The predicted molar refractivity (Wildman–Crippen MR) is 113 cm³/mol. The first-order valence-corrected chi connectivity index (χ1v) is 10.5. The highest BCUT2D eigenvalue weighted by Gasteiger charge is 2.17. The molecule has 0 aliphatic rings. The Kier molecular flexibility index (Phi) is 4.93. The number of rotatable bonds is 4. The second-order valence-electron chi connectivity index (χ2n) is 6.30. The lowest BCUT2D eigenvalue weighted by Crippen LogP contribution is -2.01. The minimum absolute atomic E-state index is 0.166. The summed E-state index contributed by atoms with van der Waals surface area (Å²) in [5.41, 5.74) is 2.66. The minimum Gasteiger partial charge on any atom is -0.337 e. The molecule has 4 rings (SSSR count). The Morgan fingerprint density at radius 2 is 1.59 bits per heavy atom. The molecule has 1 aromatic heterocycles. The third-order valence-corrected chi connectivity index (χ3v) is 6.43. The van der Waals surface area contributed by atoms with Crippen LogP contribution >= 0.6 is 11.6 Å². The van der Waals surface area contributed by atoms with Crippen molar-refractivity contribution >= 4 is 44.1 Å². The lowest BCUT2D eigenvalue weighted by atomic mass is 10.1. The molecule has 0 saturated carbocycles. The molecule has 0 fully saturated rings. The third-order valence-electron chi connectivity index (χ3n) is 4.39. The van der Waals surface area contributed by atoms with Crippen molar-refractivity contribution in [3.63, 3.8) is 0 Å². The van der Waals surface area contributed by atoms with E-state index in [1.807, 2.05) is 24.3 Å². The van der Waals surface area contributed by atoms with Crippen molar-refractivity contribution in [3.8, 4) is 6.07 Å². The van der Waals surface area contributed by atoms with Crippen molar-refractivity contribution in [2.75, 3.05) is 0 Å². The Bertz CT molecular complexity index is 1330. The van der Waals surface area contributed by atoms with Gasteiger partial charge >= 0.3 is 0 Å². The van der Waals surface area contributed by atoms with Crippen LogP contribution in [0, 0.1) is 11.3 Å². The van der Waals surface area contributed by atoms with Gasteiger partial charge in [-0.3, -0.25) is 0 Å². The van der Waals surface area contributed by atoms with Gasteiger partial charge in [-0.2, -0.15) is 5.26 Å². The van der Waals surface area contributed by atoms with Crippen molar-refractivity contribution in [3.05, 3.63) is 89.2 Å². The zero-order valence-corrected chi connectivity index (χ0v) is 16.6. The number of hydrogen-bond acceptors (Lipinski definition) is 4. The van der Waals surface area contributed by atoms with E-state index in [2.05, 4.69) is 16.0 Å². The van der Waals surface area contributed by atoms with Gasteiger partial charge in [0, 0.05) is 5.02 Å². The molecule has 0 radical (unpaired) electrons. The Hall–Kier alpha value is -3.40. The zero-order valence-electron chi connectivity index (χ0n) is 15.0. The van der Waals surface area contributed by atoms with Gasteiger partial charge in [-0.15, -0.1) is 0 Å². The summed E-state index contributed by atoms with van der Waals surface area (Å²) in [6.45, 7) is 0. The summed E-state index contributed by atoms with van der Waals surface area (Å²) in [7, 11) is -3.64. The van der Waals surface area contributed by atoms with Crippen molar-refractivity contribution in [1.29, 1.82) is 5.26 Å². The number of allylic oxidation sites excluding steroid dienone is 1. The number of benzene rings is 3. The van der Waals surface area contributed by atoms with E-state index in [0.29, 0.717) is 22.0 Å². The Morgan fingerprint density at radius 3 is 2.21 bits per heavy atom. The van der Waals surface area contributed by atoms with Gasteiger partial charge in [0.15, 0.2) is 0 Å². The lowest BCUT2D eigenvalue weighted by Gasteiger charge is -2.05. The van der Waals surface area contributed by atoms with Crippen molar-refractivity contribution in [1.82, 2.24) is 9.97 Å². The van der Waals surface area contributed by atoms with E-state index in [9.17, 15) is 13.7 Å². The average molecular weight is 420 g/mol. The normalized spacial score (nSPS) is 12.1. The van der Waals surface area contributed by atoms with E-state index in [1.165, 1.54) is 36.4 Å². The molecular formula is C22H14ClN3O2S. The molecule has 0 aliphatic carbocycles. The van der Waals surface area contributed by atoms with Gasteiger partial charge in [0.05, 0.1) is 26.4 Å². The van der Waals surface area contributed by atoms with Gasteiger partial charge in [-0.25, -0.2) is 13.4 Å². The number of hydrogen-bond donors (Lipinski definition) is 1. The smallest absolute Gasteiger partial charge is 0.206 e. The molecule has 0 saturated heterocycles. The number of nitrogens with one attached hydrogen (secondary N) is 1. The highest BCUT2D eigenvalue weighted by Crippen LogP contribution is 2.24. The van der Waals surface area contributed by atoms with E-state index in [0.717, 1.165) is 11.0 Å². The molecule has 0 bridgehead atoms. The highest BCUT2D eigenvalue weighted by atomic mass is 35.5. The van der Waals surface area contributed by atoms with E-state index in [4.69, 9.17) is 11.6 Å². The van der Waals surface area contributed by atoms with Crippen LogP contribution in [-0.2, 0) is 9.84 Å². The Balaban J connectivity index is 1.66. The average Bonchev–Trinajstić information content (AvgIpc) is 3.16. The van der Waals surface area contributed by atoms with Gasteiger partial charge in [-0.1, -0.05) is 35.9 Å². The lowest BCUT2D eigenvalue weighted by molar-refractivity contribution is 0.596. The number of halogens is 1. The van der Waals surface area contributed by atoms with Crippen LogP contribution < -0.4 is 0 Å². The molecular weight excluding hydrogens is 406 g/mol. The molecule has 1 N–H and O–H groups in total. The van der Waals surface area contributed by atoms with Crippen LogP contribution in [0.25, 0.3) is 22.7 Å². The van der Waals surface area contributed by atoms with Gasteiger partial charge in [-0.05, 0) is 60.2 Å². The maximum absolute atomic E-state index is 12.7. The maximum atomic E-state index is 12.7. The predicted octanol–water partition coefficient (Wildman–Crippen LogP) is 5.11. The number of imidazole rings is 1. The molecule has 3 aromatic carbocycles.